The lowest BCUT2D eigenvalue weighted by molar-refractivity contribution is -0.899. The minimum Gasteiger partial charge on any atom is -0.492 e. The number of ether oxygens (including phenoxy) is 2. The van der Waals surface area contributed by atoms with Crippen molar-refractivity contribution in [2.75, 3.05) is 44.8 Å². The molecule has 2 rings (SSSR count). The Morgan fingerprint density at radius 2 is 2.11 bits per heavy atom. The molecule has 1 aliphatic rings. The van der Waals surface area contributed by atoms with Crippen molar-refractivity contribution in [1.29, 1.82) is 0 Å². The van der Waals surface area contributed by atoms with Crippen LogP contribution in [-0.2, 0) is 9.53 Å². The summed E-state index contributed by atoms with van der Waals surface area (Å²) in [4.78, 5) is 13.3. The van der Waals surface area contributed by atoms with Gasteiger partial charge in [0, 0.05) is 0 Å². The first-order valence-corrected chi connectivity index (χ1v) is 6.72. The number of hydrogen-bond acceptors (Lipinski definition) is 3. The molecule has 1 heterocycles. The molecular weight excluding hydrogens is 244 g/mol. The van der Waals surface area contributed by atoms with Crippen molar-refractivity contribution in [3.8, 4) is 5.75 Å². The minimum atomic E-state index is 0.0176. The Bertz CT molecular complexity index is 417. The largest absolute Gasteiger partial charge is 0.492 e. The van der Waals surface area contributed by atoms with Gasteiger partial charge in [-0.2, -0.15) is 0 Å². The van der Waals surface area contributed by atoms with Crippen molar-refractivity contribution < 1.29 is 19.2 Å². The summed E-state index contributed by atoms with van der Waals surface area (Å²) in [6.07, 6.45) is 0. The Labute approximate surface area is 113 Å². The van der Waals surface area contributed by atoms with Crippen LogP contribution in [0.15, 0.2) is 24.3 Å². The maximum Gasteiger partial charge on any atom is 0.279 e. The van der Waals surface area contributed by atoms with Gasteiger partial charge in [0.2, 0.25) is 0 Å². The van der Waals surface area contributed by atoms with E-state index in [1.807, 2.05) is 31.2 Å². The molecule has 2 N–H and O–H groups in total. The molecule has 0 aliphatic carbocycles. The molecule has 0 radical (unpaired) electrons. The zero-order valence-electron chi connectivity index (χ0n) is 11.3. The van der Waals surface area contributed by atoms with Crippen LogP contribution in [0.4, 0.5) is 5.69 Å². The van der Waals surface area contributed by atoms with E-state index in [1.165, 1.54) is 4.90 Å². The van der Waals surface area contributed by atoms with E-state index in [1.54, 1.807) is 0 Å². The number of morpholine rings is 1. The second-order valence-electron chi connectivity index (χ2n) is 4.52. The Balaban J connectivity index is 1.90. The topological polar surface area (TPSA) is 52.0 Å². The molecule has 1 aromatic carbocycles. The molecule has 5 heteroatoms. The zero-order valence-corrected chi connectivity index (χ0v) is 11.3. The third-order valence-corrected chi connectivity index (χ3v) is 3.07. The fourth-order valence-electron chi connectivity index (χ4n) is 2.11. The van der Waals surface area contributed by atoms with Gasteiger partial charge in [-0.1, -0.05) is 12.1 Å². The molecule has 0 bridgehead atoms. The number of anilines is 1. The molecule has 5 nitrogen and oxygen atoms in total. The second kappa shape index (κ2) is 7.11. The summed E-state index contributed by atoms with van der Waals surface area (Å²) >= 11 is 0. The van der Waals surface area contributed by atoms with Crippen LogP contribution in [0.3, 0.4) is 0 Å². The summed E-state index contributed by atoms with van der Waals surface area (Å²) in [5.41, 5.74) is 0.738. The molecule has 1 aromatic rings. The van der Waals surface area contributed by atoms with E-state index in [0.29, 0.717) is 13.2 Å². The average molecular weight is 265 g/mol. The van der Waals surface area contributed by atoms with Crippen LogP contribution in [0.25, 0.3) is 0 Å². The molecule has 1 saturated heterocycles. The molecule has 19 heavy (non-hydrogen) atoms. The number of hydrogen-bond donors (Lipinski definition) is 2. The molecule has 0 unspecified atom stereocenters. The van der Waals surface area contributed by atoms with E-state index >= 15 is 0 Å². The minimum absolute atomic E-state index is 0.0176. The number of para-hydroxylation sites is 2. The van der Waals surface area contributed by atoms with Crippen molar-refractivity contribution >= 4 is 11.6 Å². The molecule has 1 fully saturated rings. The number of rotatable bonds is 5. The lowest BCUT2D eigenvalue weighted by Gasteiger charge is -2.23. The van der Waals surface area contributed by atoms with Crippen LogP contribution < -0.4 is 15.0 Å². The molecule has 0 saturated carbocycles. The van der Waals surface area contributed by atoms with E-state index in [0.717, 1.165) is 37.7 Å². The van der Waals surface area contributed by atoms with E-state index in [2.05, 4.69) is 5.32 Å². The fourth-order valence-corrected chi connectivity index (χ4v) is 2.11. The maximum atomic E-state index is 12.0. The maximum absolute atomic E-state index is 12.0. The zero-order chi connectivity index (χ0) is 13.5. The Hall–Kier alpha value is -1.59. The van der Waals surface area contributed by atoms with Crippen molar-refractivity contribution in [3.63, 3.8) is 0 Å². The van der Waals surface area contributed by atoms with Gasteiger partial charge in [-0.3, -0.25) is 4.79 Å². The lowest BCUT2D eigenvalue weighted by atomic mass is 10.3. The van der Waals surface area contributed by atoms with Gasteiger partial charge in [0.1, 0.15) is 18.8 Å². The second-order valence-corrected chi connectivity index (χ2v) is 4.52. The van der Waals surface area contributed by atoms with Gasteiger partial charge in [0.25, 0.3) is 5.91 Å². The standard InChI is InChI=1S/C14H20N2O3/c1-2-19-13-6-4-3-5-12(13)15-14(17)11-16-7-9-18-10-8-16/h3-6H,2,7-11H2,1H3,(H,15,17)/p+1. The number of carbonyl (C=O) groups excluding carboxylic acids is 1. The smallest absolute Gasteiger partial charge is 0.279 e. The average Bonchev–Trinajstić information content (AvgIpc) is 2.42. The molecule has 0 aromatic heterocycles. The summed E-state index contributed by atoms with van der Waals surface area (Å²) in [5.74, 6) is 0.736. The normalized spacial score (nSPS) is 16.1. The molecule has 0 atom stereocenters. The van der Waals surface area contributed by atoms with Crippen molar-refractivity contribution in [2.45, 2.75) is 6.92 Å². The number of carbonyl (C=O) groups is 1. The molecule has 104 valence electrons. The van der Waals surface area contributed by atoms with Gasteiger partial charge in [-0.05, 0) is 19.1 Å². The van der Waals surface area contributed by atoms with E-state index < -0.39 is 0 Å². The Kier molecular flexibility index (Phi) is 5.18. The predicted octanol–water partition coefficient (Wildman–Crippen LogP) is -0.0611. The molecule has 1 amide bonds. The highest BCUT2D eigenvalue weighted by molar-refractivity contribution is 5.92. The predicted molar refractivity (Wildman–Crippen MR) is 72.6 cm³/mol. The Morgan fingerprint density at radius 1 is 1.37 bits per heavy atom. The van der Waals surface area contributed by atoms with Crippen LogP contribution in [0.5, 0.6) is 5.75 Å². The van der Waals surface area contributed by atoms with Crippen LogP contribution in [0.2, 0.25) is 0 Å². The number of nitrogens with one attached hydrogen (secondary N) is 2. The van der Waals surface area contributed by atoms with Crippen LogP contribution in [0, 0.1) is 0 Å². The first-order valence-electron chi connectivity index (χ1n) is 6.72. The summed E-state index contributed by atoms with van der Waals surface area (Å²) < 4.78 is 10.8. The van der Waals surface area contributed by atoms with E-state index in [-0.39, 0.29) is 5.91 Å². The molecular formula is C14H21N2O3+. The summed E-state index contributed by atoms with van der Waals surface area (Å²) in [7, 11) is 0. The van der Waals surface area contributed by atoms with Gasteiger partial charge in [-0.25, -0.2) is 0 Å². The van der Waals surface area contributed by atoms with Gasteiger partial charge >= 0.3 is 0 Å². The monoisotopic (exact) mass is 265 g/mol. The molecule has 1 aliphatic heterocycles. The number of amides is 1. The quantitative estimate of drug-likeness (QED) is 0.784. The first kappa shape index (κ1) is 13.8. The van der Waals surface area contributed by atoms with Gasteiger partial charge in [-0.15, -0.1) is 0 Å². The van der Waals surface area contributed by atoms with Crippen LogP contribution in [-0.4, -0.2) is 45.4 Å². The lowest BCUT2D eigenvalue weighted by Crippen LogP contribution is -3.15. The van der Waals surface area contributed by atoms with Gasteiger partial charge < -0.3 is 19.7 Å². The molecule has 0 spiro atoms. The summed E-state index contributed by atoms with van der Waals surface area (Å²) in [5, 5.41) is 2.92. The van der Waals surface area contributed by atoms with Crippen molar-refractivity contribution in [1.82, 2.24) is 0 Å². The summed E-state index contributed by atoms with van der Waals surface area (Å²) in [6.45, 7) is 6.24. The van der Waals surface area contributed by atoms with E-state index in [9.17, 15) is 4.79 Å². The number of quaternary nitrogens is 1. The van der Waals surface area contributed by atoms with Gasteiger partial charge in [0.05, 0.1) is 25.5 Å². The third kappa shape index (κ3) is 4.22. The van der Waals surface area contributed by atoms with Crippen molar-refractivity contribution in [2.24, 2.45) is 0 Å². The highest BCUT2D eigenvalue weighted by atomic mass is 16.5. The first-order chi connectivity index (χ1) is 9.29. The fraction of sp³-hybridized carbons (Fsp3) is 0.500. The highest BCUT2D eigenvalue weighted by Crippen LogP contribution is 2.23. The van der Waals surface area contributed by atoms with E-state index in [4.69, 9.17) is 9.47 Å². The van der Waals surface area contributed by atoms with Gasteiger partial charge in [0.15, 0.2) is 6.54 Å². The van der Waals surface area contributed by atoms with Crippen LogP contribution >= 0.6 is 0 Å². The summed E-state index contributed by atoms with van der Waals surface area (Å²) in [6, 6.07) is 7.51. The third-order valence-electron chi connectivity index (χ3n) is 3.07. The number of benzene rings is 1. The highest BCUT2D eigenvalue weighted by Gasteiger charge is 2.18. The van der Waals surface area contributed by atoms with Crippen LogP contribution in [0.1, 0.15) is 6.92 Å². The Morgan fingerprint density at radius 3 is 2.84 bits per heavy atom. The SMILES string of the molecule is CCOc1ccccc1NC(=O)C[NH+]1CCOCC1. The van der Waals surface area contributed by atoms with Crippen molar-refractivity contribution in [3.05, 3.63) is 24.3 Å².